The fraction of sp³-hybridized carbons (Fsp3) is 0.429. The normalized spacial score (nSPS) is 14.3. The van der Waals surface area contributed by atoms with Gasteiger partial charge in [-0.25, -0.2) is 4.79 Å². The summed E-state index contributed by atoms with van der Waals surface area (Å²) in [5.41, 5.74) is 1.34. The van der Waals surface area contributed by atoms with E-state index in [0.29, 0.717) is 36.0 Å². The maximum atomic E-state index is 12.0. The Balaban J connectivity index is 1.73. The molecule has 1 fully saturated rings. The maximum Gasteiger partial charge on any atom is 0.337 e. The third-order valence-electron chi connectivity index (χ3n) is 5.05. The number of carboxylic acid groups (broad SMARTS) is 1. The molecule has 0 spiro atoms. The number of amides is 1. The number of halogens is 1. The van der Waals surface area contributed by atoms with Gasteiger partial charge in [-0.2, -0.15) is 0 Å². The molecule has 8 nitrogen and oxygen atoms in total. The molecule has 1 saturated heterocycles. The molecule has 0 atom stereocenters. The Bertz CT molecular complexity index is 891. The summed E-state index contributed by atoms with van der Waals surface area (Å²) in [7, 11) is 0. The van der Waals surface area contributed by atoms with E-state index < -0.39 is 5.97 Å². The van der Waals surface area contributed by atoms with E-state index in [2.05, 4.69) is 25.3 Å². The predicted octanol–water partition coefficient (Wildman–Crippen LogP) is 3.67. The molecule has 2 N–H and O–H groups in total. The van der Waals surface area contributed by atoms with E-state index in [4.69, 9.17) is 11.6 Å². The van der Waals surface area contributed by atoms with Crippen LogP contribution in [0.25, 0.3) is 0 Å². The number of unbranched alkanes of at least 4 members (excludes halogenated alkanes) is 1. The molecule has 160 valence electrons. The van der Waals surface area contributed by atoms with Crippen molar-refractivity contribution >= 4 is 40.7 Å². The standard InChI is InChI=1S/C21H26ClN5O3/c1-2-3-5-20(28)23-15-6-7-17(16(14-15)21(29)30)26-10-4-11-27(13-12-26)19-9-8-18(22)24-25-19/h6-9,14H,2-5,10-13H2,1H3,(H,23,28)(H,29,30). The number of nitrogens with zero attached hydrogens (tertiary/aromatic N) is 4. The number of carboxylic acids is 1. The number of carbonyl (C=O) groups excluding carboxylic acids is 1. The number of aromatic carboxylic acids is 1. The molecule has 0 aliphatic carbocycles. The van der Waals surface area contributed by atoms with Gasteiger partial charge in [0.15, 0.2) is 11.0 Å². The highest BCUT2D eigenvalue weighted by atomic mass is 35.5. The summed E-state index contributed by atoms with van der Waals surface area (Å²) in [5.74, 6) is -0.361. The third kappa shape index (κ3) is 5.60. The Hall–Kier alpha value is -2.87. The first-order valence-electron chi connectivity index (χ1n) is 10.1. The van der Waals surface area contributed by atoms with Crippen molar-refractivity contribution in [1.82, 2.24) is 10.2 Å². The zero-order valence-corrected chi connectivity index (χ0v) is 17.7. The Morgan fingerprint density at radius 2 is 1.87 bits per heavy atom. The lowest BCUT2D eigenvalue weighted by Gasteiger charge is -2.25. The average molecular weight is 432 g/mol. The van der Waals surface area contributed by atoms with Crippen LogP contribution in [0, 0.1) is 0 Å². The minimum atomic E-state index is -1.01. The molecule has 3 rings (SSSR count). The van der Waals surface area contributed by atoms with Gasteiger partial charge in [-0.15, -0.1) is 10.2 Å². The van der Waals surface area contributed by atoms with Gasteiger partial charge in [0.05, 0.1) is 11.3 Å². The Morgan fingerprint density at radius 1 is 1.10 bits per heavy atom. The quantitative estimate of drug-likeness (QED) is 0.689. The van der Waals surface area contributed by atoms with Crippen molar-refractivity contribution in [1.29, 1.82) is 0 Å². The zero-order valence-electron chi connectivity index (χ0n) is 17.0. The second-order valence-electron chi connectivity index (χ2n) is 7.23. The van der Waals surface area contributed by atoms with Gasteiger partial charge in [0, 0.05) is 38.3 Å². The van der Waals surface area contributed by atoms with Crippen molar-refractivity contribution < 1.29 is 14.7 Å². The van der Waals surface area contributed by atoms with Crippen LogP contribution < -0.4 is 15.1 Å². The van der Waals surface area contributed by atoms with Crippen LogP contribution in [0.15, 0.2) is 30.3 Å². The van der Waals surface area contributed by atoms with Gasteiger partial charge in [-0.3, -0.25) is 4.79 Å². The number of anilines is 3. The highest BCUT2D eigenvalue weighted by molar-refractivity contribution is 6.29. The summed E-state index contributed by atoms with van der Waals surface area (Å²) in [6, 6.07) is 8.62. The predicted molar refractivity (Wildman–Crippen MR) is 118 cm³/mol. The molecule has 1 aliphatic heterocycles. The molecular weight excluding hydrogens is 406 g/mol. The molecule has 2 heterocycles. The van der Waals surface area contributed by atoms with Crippen LogP contribution in [0.3, 0.4) is 0 Å². The summed E-state index contributed by atoms with van der Waals surface area (Å²) in [5, 5.41) is 20.9. The largest absolute Gasteiger partial charge is 0.478 e. The van der Waals surface area contributed by atoms with Crippen LogP contribution in [0.5, 0.6) is 0 Å². The van der Waals surface area contributed by atoms with Crippen molar-refractivity contribution in [2.24, 2.45) is 0 Å². The maximum absolute atomic E-state index is 12.0. The molecule has 1 aromatic carbocycles. The van der Waals surface area contributed by atoms with Crippen molar-refractivity contribution in [2.45, 2.75) is 32.6 Å². The summed E-state index contributed by atoms with van der Waals surface area (Å²) in [6.45, 7) is 4.87. The highest BCUT2D eigenvalue weighted by Crippen LogP contribution is 2.26. The number of hydrogen-bond acceptors (Lipinski definition) is 6. The van der Waals surface area contributed by atoms with E-state index in [9.17, 15) is 14.7 Å². The average Bonchev–Trinajstić information content (AvgIpc) is 2.99. The van der Waals surface area contributed by atoms with Gasteiger partial charge >= 0.3 is 5.97 Å². The van der Waals surface area contributed by atoms with Crippen LogP contribution in [0.4, 0.5) is 17.2 Å². The minimum Gasteiger partial charge on any atom is -0.478 e. The smallest absolute Gasteiger partial charge is 0.337 e. The number of nitrogens with one attached hydrogen (secondary N) is 1. The summed E-state index contributed by atoms with van der Waals surface area (Å²) >= 11 is 5.82. The second kappa shape index (κ2) is 10.2. The van der Waals surface area contributed by atoms with Crippen LogP contribution in [-0.4, -0.2) is 53.4 Å². The first-order chi connectivity index (χ1) is 14.5. The molecule has 2 aromatic rings. The van der Waals surface area contributed by atoms with E-state index in [0.717, 1.165) is 38.2 Å². The number of rotatable bonds is 7. The molecule has 1 aliphatic rings. The Labute approximate surface area is 180 Å². The van der Waals surface area contributed by atoms with E-state index in [1.54, 1.807) is 18.2 Å². The highest BCUT2D eigenvalue weighted by Gasteiger charge is 2.21. The molecule has 0 radical (unpaired) electrons. The second-order valence-corrected chi connectivity index (χ2v) is 7.62. The SMILES string of the molecule is CCCCC(=O)Nc1ccc(N2CCCN(c3ccc(Cl)nn3)CC2)c(C(=O)O)c1. The van der Waals surface area contributed by atoms with Crippen molar-refractivity contribution in [3.8, 4) is 0 Å². The lowest BCUT2D eigenvalue weighted by molar-refractivity contribution is -0.116. The fourth-order valence-electron chi connectivity index (χ4n) is 3.49. The first kappa shape index (κ1) is 21.8. The van der Waals surface area contributed by atoms with Gasteiger partial charge < -0.3 is 20.2 Å². The van der Waals surface area contributed by atoms with Gasteiger partial charge in [0.25, 0.3) is 0 Å². The monoisotopic (exact) mass is 431 g/mol. The molecule has 9 heteroatoms. The molecule has 1 amide bonds. The van der Waals surface area contributed by atoms with E-state index in [1.807, 2.05) is 13.0 Å². The summed E-state index contributed by atoms with van der Waals surface area (Å²) in [6.07, 6.45) is 3.01. The van der Waals surface area contributed by atoms with Crippen LogP contribution in [0.1, 0.15) is 43.0 Å². The van der Waals surface area contributed by atoms with Gasteiger partial charge in [-0.1, -0.05) is 24.9 Å². The van der Waals surface area contributed by atoms with E-state index in [-0.39, 0.29) is 11.5 Å². The van der Waals surface area contributed by atoms with Crippen LogP contribution >= 0.6 is 11.6 Å². The van der Waals surface area contributed by atoms with Crippen molar-refractivity contribution in [3.05, 3.63) is 41.0 Å². The zero-order chi connectivity index (χ0) is 21.5. The topological polar surface area (TPSA) is 98.7 Å². The number of carbonyl (C=O) groups is 2. The van der Waals surface area contributed by atoms with E-state index in [1.165, 1.54) is 6.07 Å². The lowest BCUT2D eigenvalue weighted by atomic mass is 10.1. The molecule has 1 aromatic heterocycles. The Morgan fingerprint density at radius 3 is 2.57 bits per heavy atom. The third-order valence-corrected chi connectivity index (χ3v) is 5.25. The first-order valence-corrected chi connectivity index (χ1v) is 10.5. The molecule has 0 unspecified atom stereocenters. The minimum absolute atomic E-state index is 0.101. The van der Waals surface area contributed by atoms with Crippen molar-refractivity contribution in [2.75, 3.05) is 41.3 Å². The lowest BCUT2D eigenvalue weighted by Crippen LogP contribution is -2.32. The molecular formula is C21H26ClN5O3. The van der Waals surface area contributed by atoms with Crippen LogP contribution in [-0.2, 0) is 4.79 Å². The van der Waals surface area contributed by atoms with Gasteiger partial charge in [-0.05, 0) is 43.2 Å². The summed E-state index contributed by atoms with van der Waals surface area (Å²) in [4.78, 5) is 28.1. The van der Waals surface area contributed by atoms with Gasteiger partial charge in [0.1, 0.15) is 0 Å². The number of aromatic nitrogens is 2. The molecule has 0 saturated carbocycles. The molecule has 0 bridgehead atoms. The molecule has 30 heavy (non-hydrogen) atoms. The van der Waals surface area contributed by atoms with Crippen LogP contribution in [0.2, 0.25) is 5.15 Å². The number of hydrogen-bond donors (Lipinski definition) is 2. The van der Waals surface area contributed by atoms with Crippen molar-refractivity contribution in [3.63, 3.8) is 0 Å². The number of benzene rings is 1. The Kier molecular flexibility index (Phi) is 7.46. The van der Waals surface area contributed by atoms with Gasteiger partial charge in [0.2, 0.25) is 5.91 Å². The van der Waals surface area contributed by atoms with E-state index >= 15 is 0 Å². The fourth-order valence-corrected chi connectivity index (χ4v) is 3.59. The summed E-state index contributed by atoms with van der Waals surface area (Å²) < 4.78 is 0.